The van der Waals surface area contributed by atoms with Crippen molar-refractivity contribution in [3.05, 3.63) is 12.3 Å². The van der Waals surface area contributed by atoms with Crippen molar-refractivity contribution >= 4 is 11.8 Å². The average Bonchev–Trinajstić information content (AvgIpc) is 3.03. The standard InChI is InChI=1S/C10H16N4O/c1-15-7-6-14(8-2-3-8)9-4-5-12-10(11)13-9/h4-5,8H,2-3,6-7H2,1H3,(H2,11,12,13). The summed E-state index contributed by atoms with van der Waals surface area (Å²) >= 11 is 0. The lowest BCUT2D eigenvalue weighted by atomic mass is 10.4. The number of anilines is 2. The second-order valence-corrected chi connectivity index (χ2v) is 3.69. The van der Waals surface area contributed by atoms with Gasteiger partial charge in [0, 0.05) is 25.9 Å². The monoisotopic (exact) mass is 208 g/mol. The zero-order valence-corrected chi connectivity index (χ0v) is 8.89. The van der Waals surface area contributed by atoms with Gasteiger partial charge in [0.15, 0.2) is 0 Å². The number of aromatic nitrogens is 2. The largest absolute Gasteiger partial charge is 0.383 e. The van der Waals surface area contributed by atoms with Gasteiger partial charge in [0.25, 0.3) is 0 Å². The first kappa shape index (κ1) is 10.2. The molecule has 0 spiro atoms. The molecule has 5 heteroatoms. The molecule has 0 unspecified atom stereocenters. The van der Waals surface area contributed by atoms with E-state index in [9.17, 15) is 0 Å². The van der Waals surface area contributed by atoms with E-state index in [1.54, 1.807) is 13.3 Å². The number of nitrogens with zero attached hydrogens (tertiary/aromatic N) is 3. The lowest BCUT2D eigenvalue weighted by Crippen LogP contribution is -2.30. The fourth-order valence-corrected chi connectivity index (χ4v) is 1.58. The van der Waals surface area contributed by atoms with Crippen LogP contribution in [0.3, 0.4) is 0 Å². The van der Waals surface area contributed by atoms with Crippen molar-refractivity contribution < 1.29 is 4.74 Å². The number of rotatable bonds is 5. The Bertz CT molecular complexity index is 327. The molecular formula is C10H16N4O. The Balaban J connectivity index is 2.09. The molecule has 0 amide bonds. The normalized spacial score (nSPS) is 15.3. The van der Waals surface area contributed by atoms with E-state index in [0.717, 1.165) is 12.4 Å². The molecular weight excluding hydrogens is 192 g/mol. The number of nitrogen functional groups attached to an aromatic ring is 1. The van der Waals surface area contributed by atoms with Crippen LogP contribution in [0, 0.1) is 0 Å². The Morgan fingerprint density at radius 2 is 2.40 bits per heavy atom. The summed E-state index contributed by atoms with van der Waals surface area (Å²) in [5.74, 6) is 1.23. The molecule has 1 aliphatic rings. The third-order valence-corrected chi connectivity index (χ3v) is 2.48. The van der Waals surface area contributed by atoms with E-state index in [4.69, 9.17) is 10.5 Å². The van der Waals surface area contributed by atoms with Gasteiger partial charge in [0.1, 0.15) is 5.82 Å². The van der Waals surface area contributed by atoms with E-state index in [1.807, 2.05) is 6.07 Å². The zero-order chi connectivity index (χ0) is 10.7. The predicted molar refractivity (Wildman–Crippen MR) is 58.7 cm³/mol. The third-order valence-electron chi connectivity index (χ3n) is 2.48. The van der Waals surface area contributed by atoms with Gasteiger partial charge in [-0.1, -0.05) is 0 Å². The molecule has 1 heterocycles. The van der Waals surface area contributed by atoms with E-state index >= 15 is 0 Å². The van der Waals surface area contributed by atoms with Crippen LogP contribution in [0.15, 0.2) is 12.3 Å². The summed E-state index contributed by atoms with van der Waals surface area (Å²) in [6.07, 6.45) is 4.15. The van der Waals surface area contributed by atoms with E-state index < -0.39 is 0 Å². The summed E-state index contributed by atoms with van der Waals surface area (Å²) in [6.45, 7) is 1.57. The molecule has 2 N–H and O–H groups in total. The molecule has 2 rings (SSSR count). The molecule has 1 saturated carbocycles. The maximum Gasteiger partial charge on any atom is 0.221 e. The van der Waals surface area contributed by atoms with Crippen LogP contribution >= 0.6 is 0 Å². The molecule has 15 heavy (non-hydrogen) atoms. The number of methoxy groups -OCH3 is 1. The van der Waals surface area contributed by atoms with Crippen molar-refractivity contribution in [3.63, 3.8) is 0 Å². The maximum atomic E-state index is 5.57. The van der Waals surface area contributed by atoms with Gasteiger partial charge >= 0.3 is 0 Å². The van der Waals surface area contributed by atoms with Crippen molar-refractivity contribution in [2.75, 3.05) is 30.9 Å². The fourth-order valence-electron chi connectivity index (χ4n) is 1.58. The Morgan fingerprint density at radius 3 is 3.00 bits per heavy atom. The van der Waals surface area contributed by atoms with Gasteiger partial charge in [-0.2, -0.15) is 4.98 Å². The van der Waals surface area contributed by atoms with Crippen LogP contribution in [0.25, 0.3) is 0 Å². The minimum absolute atomic E-state index is 0.329. The van der Waals surface area contributed by atoms with Gasteiger partial charge in [0.05, 0.1) is 6.61 Å². The quantitative estimate of drug-likeness (QED) is 0.770. The fraction of sp³-hybridized carbons (Fsp3) is 0.600. The van der Waals surface area contributed by atoms with Crippen molar-refractivity contribution in [2.24, 2.45) is 0 Å². The van der Waals surface area contributed by atoms with Crippen LogP contribution < -0.4 is 10.6 Å². The zero-order valence-electron chi connectivity index (χ0n) is 8.89. The second kappa shape index (κ2) is 4.44. The van der Waals surface area contributed by atoms with Crippen LogP contribution in [0.4, 0.5) is 11.8 Å². The summed E-state index contributed by atoms with van der Waals surface area (Å²) in [5.41, 5.74) is 5.57. The number of ether oxygens (including phenoxy) is 1. The molecule has 82 valence electrons. The molecule has 5 nitrogen and oxygen atoms in total. The summed E-state index contributed by atoms with van der Waals surface area (Å²) in [6, 6.07) is 2.50. The SMILES string of the molecule is COCCN(c1ccnc(N)n1)C1CC1. The lowest BCUT2D eigenvalue weighted by molar-refractivity contribution is 0.204. The average molecular weight is 208 g/mol. The number of nitrogens with two attached hydrogens (primary N) is 1. The topological polar surface area (TPSA) is 64.3 Å². The predicted octanol–water partition coefficient (Wildman–Crippen LogP) is 0.674. The molecule has 0 saturated heterocycles. The first-order valence-corrected chi connectivity index (χ1v) is 5.15. The number of hydrogen-bond acceptors (Lipinski definition) is 5. The van der Waals surface area contributed by atoms with Crippen molar-refractivity contribution in [3.8, 4) is 0 Å². The molecule has 0 aromatic carbocycles. The van der Waals surface area contributed by atoms with E-state index in [1.165, 1.54) is 12.8 Å². The molecule has 0 bridgehead atoms. The Morgan fingerprint density at radius 1 is 1.60 bits per heavy atom. The highest BCUT2D eigenvalue weighted by Gasteiger charge is 2.29. The second-order valence-electron chi connectivity index (χ2n) is 3.69. The van der Waals surface area contributed by atoms with Gasteiger partial charge in [-0.15, -0.1) is 0 Å². The van der Waals surface area contributed by atoms with E-state index in [2.05, 4.69) is 14.9 Å². The molecule has 1 fully saturated rings. The van der Waals surface area contributed by atoms with Crippen molar-refractivity contribution in [1.29, 1.82) is 0 Å². The lowest BCUT2D eigenvalue weighted by Gasteiger charge is -2.22. The maximum absolute atomic E-state index is 5.57. The van der Waals surface area contributed by atoms with Gasteiger partial charge in [-0.3, -0.25) is 0 Å². The molecule has 1 aromatic heterocycles. The van der Waals surface area contributed by atoms with Crippen LogP contribution in [0.2, 0.25) is 0 Å². The van der Waals surface area contributed by atoms with Gasteiger partial charge < -0.3 is 15.4 Å². The van der Waals surface area contributed by atoms with Gasteiger partial charge in [-0.05, 0) is 18.9 Å². The first-order chi connectivity index (χ1) is 7.31. The molecule has 1 aromatic rings. The first-order valence-electron chi connectivity index (χ1n) is 5.15. The Labute approximate surface area is 89.3 Å². The molecule has 0 radical (unpaired) electrons. The van der Waals surface area contributed by atoms with Crippen LogP contribution in [0.5, 0.6) is 0 Å². The minimum atomic E-state index is 0.329. The molecule has 0 aliphatic heterocycles. The minimum Gasteiger partial charge on any atom is -0.383 e. The Hall–Kier alpha value is -1.36. The van der Waals surface area contributed by atoms with Crippen LogP contribution in [-0.4, -0.2) is 36.3 Å². The van der Waals surface area contributed by atoms with Gasteiger partial charge in [0.2, 0.25) is 5.95 Å². The molecule has 1 aliphatic carbocycles. The third kappa shape index (κ3) is 2.56. The van der Waals surface area contributed by atoms with Crippen LogP contribution in [0.1, 0.15) is 12.8 Å². The highest BCUT2D eigenvalue weighted by molar-refractivity contribution is 5.43. The highest BCUT2D eigenvalue weighted by Crippen LogP contribution is 2.30. The van der Waals surface area contributed by atoms with E-state index in [-0.39, 0.29) is 0 Å². The number of hydrogen-bond donors (Lipinski definition) is 1. The molecule has 0 atom stereocenters. The summed E-state index contributed by atoms with van der Waals surface area (Å²) < 4.78 is 5.09. The van der Waals surface area contributed by atoms with E-state index in [0.29, 0.717) is 18.6 Å². The Kier molecular flexibility index (Phi) is 3.01. The summed E-state index contributed by atoms with van der Waals surface area (Å²) in [7, 11) is 1.71. The van der Waals surface area contributed by atoms with Crippen LogP contribution in [-0.2, 0) is 4.74 Å². The van der Waals surface area contributed by atoms with Crippen molar-refractivity contribution in [1.82, 2.24) is 9.97 Å². The highest BCUT2D eigenvalue weighted by atomic mass is 16.5. The van der Waals surface area contributed by atoms with Gasteiger partial charge in [-0.25, -0.2) is 4.98 Å². The van der Waals surface area contributed by atoms with Crippen molar-refractivity contribution in [2.45, 2.75) is 18.9 Å². The smallest absolute Gasteiger partial charge is 0.221 e. The summed E-state index contributed by atoms with van der Waals surface area (Å²) in [5, 5.41) is 0. The summed E-state index contributed by atoms with van der Waals surface area (Å²) in [4.78, 5) is 10.4.